The van der Waals surface area contributed by atoms with E-state index < -0.39 is 53.7 Å². The van der Waals surface area contributed by atoms with E-state index in [1.54, 1.807) is 72.7 Å². The van der Waals surface area contributed by atoms with Crippen molar-refractivity contribution in [2.75, 3.05) is 13.2 Å². The number of ether oxygens (including phenoxy) is 6. The normalized spacial score (nSPS) is 22.0. The summed E-state index contributed by atoms with van der Waals surface area (Å²) in [6.45, 7) is 11.1. The molecule has 0 unspecified atom stereocenters. The minimum atomic E-state index is -1.49. The first-order chi connectivity index (χ1) is 18.7. The molecule has 10 heteroatoms. The number of carbonyl (C=O) groups excluding carboxylic acids is 3. The van der Waals surface area contributed by atoms with Gasteiger partial charge in [-0.25, -0.2) is 14.4 Å². The average molecular weight is 558 g/mol. The number of amides is 2. The van der Waals surface area contributed by atoms with Crippen LogP contribution in [0.4, 0.5) is 9.59 Å². The van der Waals surface area contributed by atoms with Crippen molar-refractivity contribution < 1.29 is 42.8 Å². The molecule has 2 aromatic carbocycles. The van der Waals surface area contributed by atoms with Crippen LogP contribution in [0.15, 0.2) is 60.7 Å². The van der Waals surface area contributed by atoms with Gasteiger partial charge in [-0.15, -0.1) is 0 Å². The highest BCUT2D eigenvalue weighted by atomic mass is 16.6. The lowest BCUT2D eigenvalue weighted by atomic mass is 10.1. The van der Waals surface area contributed by atoms with Crippen molar-refractivity contribution >= 4 is 18.2 Å². The van der Waals surface area contributed by atoms with Gasteiger partial charge in [0.05, 0.1) is 13.2 Å². The summed E-state index contributed by atoms with van der Waals surface area (Å²) in [5.74, 6) is 0.222. The van der Waals surface area contributed by atoms with E-state index in [4.69, 9.17) is 28.4 Å². The second kappa shape index (κ2) is 13.0. The summed E-state index contributed by atoms with van der Waals surface area (Å²) in [5.41, 5.74) is -1.89. The highest BCUT2D eigenvalue weighted by Gasteiger charge is 2.44. The van der Waals surface area contributed by atoms with Gasteiger partial charge < -0.3 is 28.4 Å². The first kappa shape index (κ1) is 30.7. The van der Waals surface area contributed by atoms with Crippen LogP contribution in [-0.4, -0.2) is 71.8 Å². The molecule has 1 aliphatic heterocycles. The molecule has 10 nitrogen and oxygen atoms in total. The molecule has 1 saturated heterocycles. The Morgan fingerprint density at radius 2 is 1.25 bits per heavy atom. The molecule has 0 saturated carbocycles. The zero-order valence-corrected chi connectivity index (χ0v) is 24.1. The summed E-state index contributed by atoms with van der Waals surface area (Å²) < 4.78 is 35.1. The first-order valence-electron chi connectivity index (χ1n) is 13.2. The smallest absolute Gasteiger partial charge is 0.420 e. The van der Waals surface area contributed by atoms with Gasteiger partial charge in [-0.3, -0.25) is 0 Å². The molecule has 0 aromatic heterocycles. The Morgan fingerprint density at radius 3 is 1.73 bits per heavy atom. The van der Waals surface area contributed by atoms with Crippen LogP contribution in [0.3, 0.4) is 0 Å². The summed E-state index contributed by atoms with van der Waals surface area (Å²) in [5, 5.41) is 0. The van der Waals surface area contributed by atoms with E-state index in [-0.39, 0.29) is 13.2 Å². The monoisotopic (exact) mass is 557 g/mol. The second-order valence-corrected chi connectivity index (χ2v) is 11.4. The fourth-order valence-electron chi connectivity index (χ4n) is 3.82. The highest BCUT2D eigenvalue weighted by Crippen LogP contribution is 2.25. The number of nitrogens with zero attached hydrogens (tertiary/aromatic N) is 1. The number of benzene rings is 2. The summed E-state index contributed by atoms with van der Waals surface area (Å²) in [6.07, 6.45) is -4.52. The molecule has 218 valence electrons. The molecule has 0 aliphatic carbocycles. The second-order valence-electron chi connectivity index (χ2n) is 11.4. The first-order valence-corrected chi connectivity index (χ1v) is 13.2. The van der Waals surface area contributed by atoms with Crippen molar-refractivity contribution in [3.63, 3.8) is 0 Å². The molecular weight excluding hydrogens is 518 g/mol. The predicted molar refractivity (Wildman–Crippen MR) is 146 cm³/mol. The summed E-state index contributed by atoms with van der Waals surface area (Å²) in [4.78, 5) is 40.5. The van der Waals surface area contributed by atoms with Crippen molar-refractivity contribution in [2.24, 2.45) is 0 Å². The van der Waals surface area contributed by atoms with Gasteiger partial charge in [0.15, 0.2) is 18.2 Å². The minimum Gasteiger partial charge on any atom is -0.484 e. The maximum atomic E-state index is 13.5. The van der Waals surface area contributed by atoms with E-state index in [0.717, 1.165) is 0 Å². The third-order valence-electron chi connectivity index (χ3n) is 5.50. The van der Waals surface area contributed by atoms with Crippen LogP contribution >= 0.6 is 0 Å². The lowest BCUT2D eigenvalue weighted by Crippen LogP contribution is -2.54. The van der Waals surface area contributed by atoms with E-state index in [0.29, 0.717) is 16.4 Å². The largest absolute Gasteiger partial charge is 0.484 e. The van der Waals surface area contributed by atoms with Gasteiger partial charge >= 0.3 is 18.2 Å². The molecule has 1 heterocycles. The molecule has 0 radical (unpaired) electrons. The maximum Gasteiger partial charge on any atom is 0.420 e. The molecule has 40 heavy (non-hydrogen) atoms. The molecule has 1 fully saturated rings. The highest BCUT2D eigenvalue weighted by molar-refractivity contribution is 5.94. The molecule has 3 rings (SSSR count). The zero-order chi connectivity index (χ0) is 29.5. The number of carbonyl (C=O) groups is 3. The summed E-state index contributed by atoms with van der Waals surface area (Å²) >= 11 is 0. The number of hydrogen-bond donors (Lipinski definition) is 0. The molecule has 0 N–H and O–H groups in total. The van der Waals surface area contributed by atoms with Gasteiger partial charge in [0.25, 0.3) is 0 Å². The SMILES string of the molecule is C[C@@H]1OC(=O)[C@@H](N(C(=O)OC(C)(C)C)C(=O)OC(C)(C)C)COC[C@H](Oc2ccccc2)[C@H]1Oc1ccccc1. The predicted octanol–water partition coefficient (Wildman–Crippen LogP) is 5.38. The van der Waals surface area contributed by atoms with Crippen LogP contribution in [0.1, 0.15) is 48.5 Å². The number of para-hydroxylation sites is 2. The van der Waals surface area contributed by atoms with Gasteiger partial charge in [-0.2, -0.15) is 4.90 Å². The Hall–Kier alpha value is -3.79. The number of esters is 1. The van der Waals surface area contributed by atoms with E-state index in [9.17, 15) is 14.4 Å². The van der Waals surface area contributed by atoms with Gasteiger partial charge in [-0.05, 0) is 72.7 Å². The van der Waals surface area contributed by atoms with Crippen LogP contribution in [0, 0.1) is 0 Å². The quantitative estimate of drug-likeness (QED) is 0.353. The molecule has 0 bridgehead atoms. The molecule has 2 amide bonds. The third-order valence-corrected chi connectivity index (χ3v) is 5.50. The van der Waals surface area contributed by atoms with Crippen LogP contribution in [0.25, 0.3) is 0 Å². The van der Waals surface area contributed by atoms with Gasteiger partial charge in [0.1, 0.15) is 28.8 Å². The molecule has 2 aromatic rings. The fourth-order valence-corrected chi connectivity index (χ4v) is 3.82. The minimum absolute atomic E-state index is 0.0413. The molecule has 4 atom stereocenters. The Balaban J connectivity index is 1.94. The fraction of sp³-hybridized carbons (Fsp3) is 0.500. The van der Waals surface area contributed by atoms with E-state index in [2.05, 4.69) is 0 Å². The van der Waals surface area contributed by atoms with Crippen LogP contribution in [-0.2, 0) is 23.7 Å². The van der Waals surface area contributed by atoms with Crippen LogP contribution in [0.5, 0.6) is 11.5 Å². The van der Waals surface area contributed by atoms with Crippen molar-refractivity contribution in [2.45, 2.75) is 84.0 Å². The average Bonchev–Trinajstić information content (AvgIpc) is 2.89. The van der Waals surface area contributed by atoms with Gasteiger partial charge in [-0.1, -0.05) is 36.4 Å². The topological polar surface area (TPSA) is 110 Å². The summed E-state index contributed by atoms with van der Waals surface area (Å²) in [7, 11) is 0. The van der Waals surface area contributed by atoms with Crippen LogP contribution in [0.2, 0.25) is 0 Å². The molecular formula is C30H39NO9. The lowest BCUT2D eigenvalue weighted by Gasteiger charge is -2.32. The summed E-state index contributed by atoms with van der Waals surface area (Å²) in [6, 6.07) is 16.7. The third kappa shape index (κ3) is 9.15. The zero-order valence-electron chi connectivity index (χ0n) is 24.1. The van der Waals surface area contributed by atoms with Crippen LogP contribution < -0.4 is 9.47 Å². The van der Waals surface area contributed by atoms with Crippen molar-refractivity contribution in [1.82, 2.24) is 4.90 Å². The Morgan fingerprint density at radius 1 is 0.775 bits per heavy atom. The Bertz CT molecular complexity index is 1100. The van der Waals surface area contributed by atoms with Crippen molar-refractivity contribution in [3.05, 3.63) is 60.7 Å². The van der Waals surface area contributed by atoms with Crippen molar-refractivity contribution in [3.8, 4) is 11.5 Å². The standard InChI is InChI=1S/C30H39NO9/c1-20-25(38-22-16-12-9-13-17-22)24(37-21-14-10-8-11-15-21)19-35-18-23(26(32)36-20)31(27(33)39-29(2,3)4)28(34)40-30(5,6)7/h8-17,20,23-25H,18-19H2,1-7H3/t20-,23-,24-,25-/m0/s1. The van der Waals surface area contributed by atoms with E-state index >= 15 is 0 Å². The Labute approximate surface area is 235 Å². The van der Waals surface area contributed by atoms with E-state index in [1.165, 1.54) is 0 Å². The molecule has 0 spiro atoms. The Kier molecular flexibility index (Phi) is 10.0. The van der Waals surface area contributed by atoms with E-state index in [1.807, 2.05) is 36.4 Å². The number of rotatable bonds is 5. The number of cyclic esters (lactones) is 1. The number of imide groups is 1. The molecule has 1 aliphatic rings. The van der Waals surface area contributed by atoms with Gasteiger partial charge in [0, 0.05) is 0 Å². The maximum absolute atomic E-state index is 13.5. The van der Waals surface area contributed by atoms with Gasteiger partial charge in [0.2, 0.25) is 0 Å². The lowest BCUT2D eigenvalue weighted by molar-refractivity contribution is -0.160. The number of hydrogen-bond acceptors (Lipinski definition) is 9. The van der Waals surface area contributed by atoms with Crippen molar-refractivity contribution in [1.29, 1.82) is 0 Å².